The number of para-hydroxylation sites is 1. The highest BCUT2D eigenvalue weighted by Gasteiger charge is 2.18. The van der Waals surface area contributed by atoms with Crippen molar-refractivity contribution in [3.8, 4) is 22.8 Å². The number of nitrogens with zero attached hydrogens (tertiary/aromatic N) is 3. The Morgan fingerprint density at radius 2 is 1.85 bits per heavy atom. The van der Waals surface area contributed by atoms with E-state index in [0.29, 0.717) is 35.6 Å². The SMILES string of the molecule is CCOc1ccc(-c2nnc(SCCOC)n2-c2ccccc2F)cc1. The number of rotatable bonds is 8. The summed E-state index contributed by atoms with van der Waals surface area (Å²) in [6.07, 6.45) is 0. The minimum absolute atomic E-state index is 0.326. The number of hydrogen-bond acceptors (Lipinski definition) is 5. The van der Waals surface area contributed by atoms with Gasteiger partial charge >= 0.3 is 0 Å². The van der Waals surface area contributed by atoms with Gasteiger partial charge < -0.3 is 9.47 Å². The average molecular weight is 373 g/mol. The lowest BCUT2D eigenvalue weighted by Gasteiger charge is -2.11. The summed E-state index contributed by atoms with van der Waals surface area (Å²) in [5.74, 6) is 1.74. The molecule has 0 radical (unpaired) electrons. The summed E-state index contributed by atoms with van der Waals surface area (Å²) < 4.78 is 26.8. The summed E-state index contributed by atoms with van der Waals surface area (Å²) in [6.45, 7) is 3.12. The van der Waals surface area contributed by atoms with Gasteiger partial charge in [-0.1, -0.05) is 23.9 Å². The molecule has 3 rings (SSSR count). The van der Waals surface area contributed by atoms with E-state index < -0.39 is 0 Å². The first-order valence-electron chi connectivity index (χ1n) is 8.30. The van der Waals surface area contributed by atoms with E-state index in [9.17, 15) is 4.39 Å². The fourth-order valence-electron chi connectivity index (χ4n) is 2.48. The molecule has 0 aliphatic rings. The fraction of sp³-hybridized carbons (Fsp3) is 0.263. The molecular weight excluding hydrogens is 353 g/mol. The third-order valence-electron chi connectivity index (χ3n) is 3.67. The van der Waals surface area contributed by atoms with Crippen LogP contribution in [-0.2, 0) is 4.74 Å². The topological polar surface area (TPSA) is 49.2 Å². The Morgan fingerprint density at radius 1 is 1.08 bits per heavy atom. The molecule has 0 amide bonds. The van der Waals surface area contributed by atoms with Crippen LogP contribution >= 0.6 is 11.8 Å². The Hall–Kier alpha value is -2.38. The van der Waals surface area contributed by atoms with Crippen molar-refractivity contribution < 1.29 is 13.9 Å². The molecule has 136 valence electrons. The number of thioether (sulfide) groups is 1. The summed E-state index contributed by atoms with van der Waals surface area (Å²) in [4.78, 5) is 0. The van der Waals surface area contributed by atoms with Crippen molar-refractivity contribution in [3.63, 3.8) is 0 Å². The maximum absolute atomic E-state index is 14.5. The van der Waals surface area contributed by atoms with Crippen molar-refractivity contribution >= 4 is 11.8 Å². The number of benzene rings is 2. The van der Waals surface area contributed by atoms with E-state index in [1.807, 2.05) is 31.2 Å². The van der Waals surface area contributed by atoms with Crippen molar-refractivity contribution in [2.75, 3.05) is 26.1 Å². The summed E-state index contributed by atoms with van der Waals surface area (Å²) in [7, 11) is 1.65. The van der Waals surface area contributed by atoms with E-state index in [1.165, 1.54) is 17.8 Å². The van der Waals surface area contributed by atoms with Gasteiger partial charge in [0.25, 0.3) is 0 Å². The van der Waals surface area contributed by atoms with Gasteiger partial charge in [-0.25, -0.2) is 4.39 Å². The van der Waals surface area contributed by atoms with Crippen molar-refractivity contribution in [1.29, 1.82) is 0 Å². The predicted octanol–water partition coefficient (Wildman–Crippen LogP) is 4.21. The van der Waals surface area contributed by atoms with Crippen LogP contribution in [0.3, 0.4) is 0 Å². The second-order valence-electron chi connectivity index (χ2n) is 5.39. The second-order valence-corrected chi connectivity index (χ2v) is 6.45. The lowest BCUT2D eigenvalue weighted by atomic mass is 10.2. The third-order valence-corrected chi connectivity index (χ3v) is 4.56. The molecule has 0 aliphatic heterocycles. The monoisotopic (exact) mass is 373 g/mol. The molecule has 1 aromatic heterocycles. The standard InChI is InChI=1S/C19H20FN3O2S/c1-3-25-15-10-8-14(9-11-15)18-21-22-19(26-13-12-24-2)23(18)17-7-5-4-6-16(17)20/h4-11H,3,12-13H2,1-2H3. The first kappa shape index (κ1) is 18.4. The van der Waals surface area contributed by atoms with Crippen LogP contribution in [0.15, 0.2) is 53.7 Å². The number of halogens is 1. The summed E-state index contributed by atoms with van der Waals surface area (Å²) in [5, 5.41) is 9.19. The van der Waals surface area contributed by atoms with Gasteiger partial charge in [0.2, 0.25) is 0 Å². The highest BCUT2D eigenvalue weighted by Crippen LogP contribution is 2.30. The maximum atomic E-state index is 14.5. The zero-order chi connectivity index (χ0) is 18.4. The van der Waals surface area contributed by atoms with E-state index in [4.69, 9.17) is 9.47 Å². The van der Waals surface area contributed by atoms with E-state index in [0.717, 1.165) is 11.3 Å². The number of methoxy groups -OCH3 is 1. The summed E-state index contributed by atoms with van der Waals surface area (Å²) in [6, 6.07) is 14.2. The van der Waals surface area contributed by atoms with Crippen LogP contribution in [0.2, 0.25) is 0 Å². The van der Waals surface area contributed by atoms with Crippen molar-refractivity contribution in [2.24, 2.45) is 0 Å². The van der Waals surface area contributed by atoms with Gasteiger partial charge in [0.05, 0.1) is 18.9 Å². The first-order chi connectivity index (χ1) is 12.7. The highest BCUT2D eigenvalue weighted by molar-refractivity contribution is 7.99. The van der Waals surface area contributed by atoms with Gasteiger partial charge in [-0.3, -0.25) is 4.57 Å². The number of ether oxygens (including phenoxy) is 2. The Morgan fingerprint density at radius 3 is 2.54 bits per heavy atom. The quantitative estimate of drug-likeness (QED) is 0.437. The van der Waals surface area contributed by atoms with E-state index in [2.05, 4.69) is 10.2 Å². The van der Waals surface area contributed by atoms with E-state index >= 15 is 0 Å². The van der Waals surface area contributed by atoms with Crippen LogP contribution < -0.4 is 4.74 Å². The van der Waals surface area contributed by atoms with Crippen molar-refractivity contribution in [2.45, 2.75) is 12.1 Å². The molecule has 2 aromatic carbocycles. The van der Waals surface area contributed by atoms with E-state index in [-0.39, 0.29) is 5.82 Å². The lowest BCUT2D eigenvalue weighted by Crippen LogP contribution is -2.03. The molecule has 0 spiro atoms. The van der Waals surface area contributed by atoms with Crippen LogP contribution in [0.25, 0.3) is 17.1 Å². The summed E-state index contributed by atoms with van der Waals surface area (Å²) in [5.41, 5.74) is 1.25. The minimum Gasteiger partial charge on any atom is -0.494 e. The molecule has 0 bridgehead atoms. The highest BCUT2D eigenvalue weighted by atomic mass is 32.2. The molecule has 0 aliphatic carbocycles. The molecule has 26 heavy (non-hydrogen) atoms. The largest absolute Gasteiger partial charge is 0.494 e. The van der Waals surface area contributed by atoms with Crippen LogP contribution in [0.5, 0.6) is 5.75 Å². The van der Waals surface area contributed by atoms with Crippen molar-refractivity contribution in [3.05, 3.63) is 54.3 Å². The Labute approximate surface area is 156 Å². The van der Waals surface area contributed by atoms with Crippen LogP contribution in [0, 0.1) is 5.82 Å². The Balaban J connectivity index is 2.03. The second kappa shape index (κ2) is 8.82. The van der Waals surface area contributed by atoms with Gasteiger partial charge in [0.1, 0.15) is 11.6 Å². The zero-order valence-electron chi connectivity index (χ0n) is 14.7. The predicted molar refractivity (Wildman–Crippen MR) is 101 cm³/mol. The lowest BCUT2D eigenvalue weighted by molar-refractivity contribution is 0.218. The molecule has 3 aromatic rings. The average Bonchev–Trinajstić information content (AvgIpc) is 3.07. The van der Waals surface area contributed by atoms with Gasteiger partial charge in [0.15, 0.2) is 11.0 Å². The van der Waals surface area contributed by atoms with Gasteiger partial charge in [-0.15, -0.1) is 10.2 Å². The number of aromatic nitrogens is 3. The van der Waals surface area contributed by atoms with E-state index in [1.54, 1.807) is 29.9 Å². The molecule has 0 saturated carbocycles. The molecule has 0 N–H and O–H groups in total. The number of hydrogen-bond donors (Lipinski definition) is 0. The molecule has 0 unspecified atom stereocenters. The smallest absolute Gasteiger partial charge is 0.196 e. The zero-order valence-corrected chi connectivity index (χ0v) is 15.5. The molecule has 0 saturated heterocycles. The molecule has 5 nitrogen and oxygen atoms in total. The fourth-order valence-corrected chi connectivity index (χ4v) is 3.33. The van der Waals surface area contributed by atoms with Gasteiger partial charge in [-0.2, -0.15) is 0 Å². The first-order valence-corrected chi connectivity index (χ1v) is 9.28. The van der Waals surface area contributed by atoms with Crippen molar-refractivity contribution in [1.82, 2.24) is 14.8 Å². The summed E-state index contributed by atoms with van der Waals surface area (Å²) >= 11 is 1.47. The Kier molecular flexibility index (Phi) is 6.25. The molecule has 7 heteroatoms. The normalized spacial score (nSPS) is 10.9. The Bertz CT molecular complexity index is 852. The molecule has 1 heterocycles. The molecule has 0 atom stereocenters. The maximum Gasteiger partial charge on any atom is 0.196 e. The molecular formula is C19H20FN3O2S. The van der Waals surface area contributed by atoms with Crippen LogP contribution in [0.4, 0.5) is 4.39 Å². The minimum atomic E-state index is -0.326. The van der Waals surface area contributed by atoms with Crippen LogP contribution in [-0.4, -0.2) is 40.8 Å². The van der Waals surface area contributed by atoms with Gasteiger partial charge in [-0.05, 0) is 43.3 Å². The third kappa shape index (κ3) is 4.05. The molecule has 0 fully saturated rings. The van der Waals surface area contributed by atoms with Crippen LogP contribution in [0.1, 0.15) is 6.92 Å². The van der Waals surface area contributed by atoms with Gasteiger partial charge in [0, 0.05) is 18.4 Å².